The summed E-state index contributed by atoms with van der Waals surface area (Å²) in [5.74, 6) is 1.27. The first kappa shape index (κ1) is 11.1. The topological polar surface area (TPSA) is 42.2 Å². The van der Waals surface area contributed by atoms with Gasteiger partial charge in [0.25, 0.3) is 4.80 Å². The van der Waals surface area contributed by atoms with Crippen LogP contribution in [0.5, 0.6) is 0 Å². The number of nitrogens with zero attached hydrogens (tertiary/aromatic N) is 3. The van der Waals surface area contributed by atoms with Crippen molar-refractivity contribution >= 4 is 15.9 Å². The molecule has 1 unspecified atom stereocenters. The number of hydrogen-bond acceptors (Lipinski definition) is 4. The normalized spacial score (nSPS) is 23.6. The predicted molar refractivity (Wildman–Crippen MR) is 60.7 cm³/mol. The van der Waals surface area contributed by atoms with Crippen molar-refractivity contribution in [1.82, 2.24) is 15.0 Å². The van der Waals surface area contributed by atoms with Gasteiger partial charge in [0.15, 0.2) is 5.82 Å². The molecule has 15 heavy (non-hydrogen) atoms. The SMILES string of the molecule is CC(C)N1CCCC(c2noc(Br)n2)C1. The Bertz CT molecular complexity index is 326. The van der Waals surface area contributed by atoms with Crippen molar-refractivity contribution in [3.05, 3.63) is 10.6 Å². The van der Waals surface area contributed by atoms with Crippen LogP contribution in [0, 0.1) is 0 Å². The largest absolute Gasteiger partial charge is 0.327 e. The minimum atomic E-state index is 0.427. The van der Waals surface area contributed by atoms with Crippen molar-refractivity contribution in [2.45, 2.75) is 38.6 Å². The molecular formula is C10H16BrN3O. The Morgan fingerprint density at radius 3 is 2.93 bits per heavy atom. The van der Waals surface area contributed by atoms with Gasteiger partial charge in [0.2, 0.25) is 0 Å². The molecule has 1 aromatic heterocycles. The first-order chi connectivity index (χ1) is 7.16. The van der Waals surface area contributed by atoms with Gasteiger partial charge >= 0.3 is 0 Å². The van der Waals surface area contributed by atoms with E-state index < -0.39 is 0 Å². The third-order valence-electron chi connectivity index (χ3n) is 2.97. The average Bonchev–Trinajstić information content (AvgIpc) is 2.65. The van der Waals surface area contributed by atoms with Gasteiger partial charge in [-0.3, -0.25) is 0 Å². The van der Waals surface area contributed by atoms with Crippen LogP contribution in [-0.4, -0.2) is 34.2 Å². The Morgan fingerprint density at radius 1 is 1.53 bits per heavy atom. The molecule has 0 bridgehead atoms. The van der Waals surface area contributed by atoms with Crippen LogP contribution < -0.4 is 0 Å². The van der Waals surface area contributed by atoms with Crippen LogP contribution in [0.3, 0.4) is 0 Å². The van der Waals surface area contributed by atoms with Crippen LogP contribution in [0.4, 0.5) is 0 Å². The molecule has 1 aliphatic rings. The molecule has 1 fully saturated rings. The zero-order valence-electron chi connectivity index (χ0n) is 9.11. The van der Waals surface area contributed by atoms with Crippen molar-refractivity contribution in [1.29, 1.82) is 0 Å². The second-order valence-corrected chi connectivity index (χ2v) is 5.01. The van der Waals surface area contributed by atoms with Crippen LogP contribution >= 0.6 is 15.9 Å². The number of halogens is 1. The first-order valence-corrected chi connectivity index (χ1v) is 6.19. The van der Waals surface area contributed by atoms with Gasteiger partial charge in [0.1, 0.15) is 0 Å². The molecule has 0 spiro atoms. The van der Waals surface area contributed by atoms with Gasteiger partial charge in [-0.05, 0) is 33.2 Å². The van der Waals surface area contributed by atoms with E-state index in [4.69, 9.17) is 4.52 Å². The molecule has 0 N–H and O–H groups in total. The van der Waals surface area contributed by atoms with Gasteiger partial charge in [0, 0.05) is 34.4 Å². The standard InChI is InChI=1S/C10H16BrN3O/c1-7(2)14-5-3-4-8(6-14)9-12-10(11)15-13-9/h7-8H,3-6H2,1-2H3. The van der Waals surface area contributed by atoms with E-state index >= 15 is 0 Å². The van der Waals surface area contributed by atoms with Crippen LogP contribution in [0.2, 0.25) is 0 Å². The summed E-state index contributed by atoms with van der Waals surface area (Å²) < 4.78 is 4.95. The average molecular weight is 274 g/mol. The molecule has 0 aliphatic carbocycles. The smallest absolute Gasteiger partial charge is 0.293 e. The summed E-state index contributed by atoms with van der Waals surface area (Å²) in [5.41, 5.74) is 0. The maximum atomic E-state index is 4.95. The van der Waals surface area contributed by atoms with E-state index in [9.17, 15) is 0 Å². The molecule has 1 aromatic rings. The Hall–Kier alpha value is -0.420. The molecule has 4 nitrogen and oxygen atoms in total. The predicted octanol–water partition coefficient (Wildman–Crippen LogP) is 2.42. The number of rotatable bonds is 2. The molecule has 0 saturated carbocycles. The molecule has 0 radical (unpaired) electrons. The minimum absolute atomic E-state index is 0.427. The summed E-state index contributed by atoms with van der Waals surface area (Å²) >= 11 is 3.19. The van der Waals surface area contributed by atoms with Crippen LogP contribution in [0.1, 0.15) is 38.4 Å². The number of aromatic nitrogens is 2. The molecular weight excluding hydrogens is 258 g/mol. The summed E-state index contributed by atoms with van der Waals surface area (Å²) in [4.78, 5) is 7.20. The van der Waals surface area contributed by atoms with E-state index in [1.54, 1.807) is 0 Å². The fraction of sp³-hybridized carbons (Fsp3) is 0.800. The van der Waals surface area contributed by atoms with Crippen molar-refractivity contribution in [2.75, 3.05) is 13.1 Å². The summed E-state index contributed by atoms with van der Waals surface area (Å²) in [7, 11) is 0. The summed E-state index contributed by atoms with van der Waals surface area (Å²) in [6, 6.07) is 0.600. The molecule has 1 saturated heterocycles. The Labute approximate surface area is 98.2 Å². The summed E-state index contributed by atoms with van der Waals surface area (Å²) in [6.45, 7) is 6.69. The molecule has 84 valence electrons. The van der Waals surface area contributed by atoms with Crippen LogP contribution in [0.15, 0.2) is 9.32 Å². The van der Waals surface area contributed by atoms with E-state index in [0.29, 0.717) is 16.8 Å². The summed E-state index contributed by atoms with van der Waals surface area (Å²) in [5, 5.41) is 3.97. The van der Waals surface area contributed by atoms with Crippen molar-refractivity contribution in [3.63, 3.8) is 0 Å². The lowest BCUT2D eigenvalue weighted by atomic mass is 9.96. The number of hydrogen-bond donors (Lipinski definition) is 0. The van der Waals surface area contributed by atoms with E-state index in [1.807, 2.05) is 0 Å². The quantitative estimate of drug-likeness (QED) is 0.830. The molecule has 2 rings (SSSR count). The Balaban J connectivity index is 2.04. The van der Waals surface area contributed by atoms with Crippen LogP contribution in [0.25, 0.3) is 0 Å². The molecule has 1 atom stereocenters. The monoisotopic (exact) mass is 273 g/mol. The molecule has 0 amide bonds. The molecule has 5 heteroatoms. The van der Waals surface area contributed by atoms with E-state index in [-0.39, 0.29) is 0 Å². The van der Waals surface area contributed by atoms with Gasteiger partial charge in [-0.2, -0.15) is 4.98 Å². The summed E-state index contributed by atoms with van der Waals surface area (Å²) in [6.07, 6.45) is 2.38. The fourth-order valence-corrected chi connectivity index (χ4v) is 2.32. The lowest BCUT2D eigenvalue weighted by Crippen LogP contribution is -2.39. The second-order valence-electron chi connectivity index (χ2n) is 4.33. The van der Waals surface area contributed by atoms with Gasteiger partial charge in [-0.15, -0.1) is 0 Å². The lowest BCUT2D eigenvalue weighted by Gasteiger charge is -2.34. The zero-order valence-corrected chi connectivity index (χ0v) is 10.7. The van der Waals surface area contributed by atoms with E-state index in [1.165, 1.54) is 13.0 Å². The minimum Gasteiger partial charge on any atom is -0.327 e. The lowest BCUT2D eigenvalue weighted by molar-refractivity contribution is 0.163. The van der Waals surface area contributed by atoms with Gasteiger partial charge in [-0.25, -0.2) is 0 Å². The first-order valence-electron chi connectivity index (χ1n) is 5.40. The zero-order chi connectivity index (χ0) is 10.8. The fourth-order valence-electron chi connectivity index (χ4n) is 2.07. The van der Waals surface area contributed by atoms with Crippen molar-refractivity contribution < 1.29 is 4.52 Å². The molecule has 1 aliphatic heterocycles. The molecule has 2 heterocycles. The third-order valence-corrected chi connectivity index (χ3v) is 3.29. The maximum absolute atomic E-state index is 4.95. The van der Waals surface area contributed by atoms with Crippen molar-refractivity contribution in [2.24, 2.45) is 0 Å². The molecule has 0 aromatic carbocycles. The third kappa shape index (κ3) is 2.58. The van der Waals surface area contributed by atoms with E-state index in [0.717, 1.165) is 18.8 Å². The highest BCUT2D eigenvalue weighted by Crippen LogP contribution is 2.26. The second kappa shape index (κ2) is 4.61. The highest BCUT2D eigenvalue weighted by molar-refractivity contribution is 9.10. The van der Waals surface area contributed by atoms with Gasteiger partial charge in [0.05, 0.1) is 0 Å². The highest BCUT2D eigenvalue weighted by atomic mass is 79.9. The van der Waals surface area contributed by atoms with E-state index in [2.05, 4.69) is 44.8 Å². The Kier molecular flexibility index (Phi) is 3.41. The van der Waals surface area contributed by atoms with Gasteiger partial charge in [-0.1, -0.05) is 5.16 Å². The number of likely N-dealkylation sites (tertiary alicyclic amines) is 1. The highest BCUT2D eigenvalue weighted by Gasteiger charge is 2.26. The van der Waals surface area contributed by atoms with Crippen LogP contribution in [-0.2, 0) is 0 Å². The maximum Gasteiger partial charge on any atom is 0.293 e. The van der Waals surface area contributed by atoms with Gasteiger partial charge < -0.3 is 9.42 Å². The number of piperidine rings is 1. The van der Waals surface area contributed by atoms with Crippen molar-refractivity contribution in [3.8, 4) is 0 Å². The Morgan fingerprint density at radius 2 is 2.33 bits per heavy atom.